The molecule has 0 N–H and O–H groups in total. The first-order chi connectivity index (χ1) is 32.0. The molecule has 0 fully saturated rings. The molecule has 6 nitrogen and oxygen atoms in total. The lowest BCUT2D eigenvalue weighted by Gasteiger charge is -2.18. The lowest BCUT2D eigenvalue weighted by atomic mass is 10.0. The van der Waals surface area contributed by atoms with E-state index in [0.717, 1.165) is 103 Å². The molecule has 0 bridgehead atoms. The molecule has 0 rings (SSSR count). The Bertz CT molecular complexity index is 1230. The molecule has 0 aromatic rings. The SMILES string of the molecule is CC/C=C\C/C=C\C/C=C\C/C=C\C/C=C\CCCCCC(=O)OC[C@@H](COC(=O)CCCCCCC/C=C\CCCCC)OC(=O)CCCCCCCCCCCCCCCCCC. The Hall–Kier alpha value is -3.15. The highest BCUT2D eigenvalue weighted by atomic mass is 16.6. The first-order valence-electron chi connectivity index (χ1n) is 27.4. The van der Waals surface area contributed by atoms with Gasteiger partial charge in [0.2, 0.25) is 0 Å². The van der Waals surface area contributed by atoms with Gasteiger partial charge in [-0.25, -0.2) is 0 Å². The Morgan fingerprint density at radius 2 is 0.600 bits per heavy atom. The minimum Gasteiger partial charge on any atom is -0.462 e. The van der Waals surface area contributed by atoms with E-state index in [-0.39, 0.29) is 31.1 Å². The van der Waals surface area contributed by atoms with Gasteiger partial charge in [0.05, 0.1) is 0 Å². The second-order valence-electron chi connectivity index (χ2n) is 18.1. The van der Waals surface area contributed by atoms with Crippen LogP contribution in [0.4, 0.5) is 0 Å². The van der Waals surface area contributed by atoms with Crippen LogP contribution in [0.25, 0.3) is 0 Å². The van der Waals surface area contributed by atoms with Gasteiger partial charge in [-0.1, -0.05) is 229 Å². The van der Waals surface area contributed by atoms with Crippen molar-refractivity contribution < 1.29 is 28.6 Å². The van der Waals surface area contributed by atoms with Crippen molar-refractivity contribution in [3.8, 4) is 0 Å². The second-order valence-corrected chi connectivity index (χ2v) is 18.1. The predicted molar refractivity (Wildman–Crippen MR) is 279 cm³/mol. The first kappa shape index (κ1) is 61.9. The molecule has 0 unspecified atom stereocenters. The van der Waals surface area contributed by atoms with Crippen molar-refractivity contribution in [2.24, 2.45) is 0 Å². The molecular weight excluding hydrogens is 805 g/mol. The highest BCUT2D eigenvalue weighted by Gasteiger charge is 2.19. The fraction of sp³-hybridized carbons (Fsp3) is 0.746. The second kappa shape index (κ2) is 53.5. The number of carbonyl (C=O) groups is 3. The van der Waals surface area contributed by atoms with E-state index in [1.165, 1.54) is 122 Å². The Labute approximate surface area is 402 Å². The van der Waals surface area contributed by atoms with E-state index in [2.05, 4.69) is 93.7 Å². The van der Waals surface area contributed by atoms with Gasteiger partial charge < -0.3 is 14.2 Å². The van der Waals surface area contributed by atoms with E-state index < -0.39 is 6.10 Å². The molecule has 0 saturated carbocycles. The average molecular weight is 907 g/mol. The van der Waals surface area contributed by atoms with Crippen LogP contribution in [0.3, 0.4) is 0 Å². The molecule has 0 aliphatic carbocycles. The van der Waals surface area contributed by atoms with Crippen molar-refractivity contribution in [3.05, 3.63) is 72.9 Å². The summed E-state index contributed by atoms with van der Waals surface area (Å²) in [5, 5.41) is 0. The third-order valence-electron chi connectivity index (χ3n) is 11.7. The van der Waals surface area contributed by atoms with Gasteiger partial charge in [0.15, 0.2) is 6.10 Å². The van der Waals surface area contributed by atoms with Crippen molar-refractivity contribution in [3.63, 3.8) is 0 Å². The zero-order valence-corrected chi connectivity index (χ0v) is 42.7. The molecule has 0 heterocycles. The van der Waals surface area contributed by atoms with Gasteiger partial charge in [-0.3, -0.25) is 14.4 Å². The maximum Gasteiger partial charge on any atom is 0.306 e. The van der Waals surface area contributed by atoms with Crippen molar-refractivity contribution in [1.29, 1.82) is 0 Å². The molecule has 374 valence electrons. The summed E-state index contributed by atoms with van der Waals surface area (Å²) in [7, 11) is 0. The first-order valence-corrected chi connectivity index (χ1v) is 27.4. The van der Waals surface area contributed by atoms with Crippen LogP contribution in [0.1, 0.15) is 265 Å². The molecule has 0 amide bonds. The van der Waals surface area contributed by atoms with Gasteiger partial charge in [-0.15, -0.1) is 0 Å². The van der Waals surface area contributed by atoms with Crippen LogP contribution in [0.5, 0.6) is 0 Å². The number of unbranched alkanes of at least 4 members (excludes halogenated alkanes) is 26. The van der Waals surface area contributed by atoms with Crippen molar-refractivity contribution >= 4 is 17.9 Å². The third kappa shape index (κ3) is 51.7. The number of esters is 3. The minimum absolute atomic E-state index is 0.0886. The quantitative estimate of drug-likeness (QED) is 0.0262. The fourth-order valence-corrected chi connectivity index (χ4v) is 7.58. The van der Waals surface area contributed by atoms with Crippen LogP contribution >= 0.6 is 0 Å². The number of ether oxygens (including phenoxy) is 3. The number of carbonyl (C=O) groups excluding carboxylic acids is 3. The zero-order valence-electron chi connectivity index (χ0n) is 42.7. The van der Waals surface area contributed by atoms with E-state index in [1.807, 2.05) is 0 Å². The maximum absolute atomic E-state index is 12.8. The molecule has 1 atom stereocenters. The van der Waals surface area contributed by atoms with E-state index in [9.17, 15) is 14.4 Å². The molecule has 6 heteroatoms. The topological polar surface area (TPSA) is 78.9 Å². The fourth-order valence-electron chi connectivity index (χ4n) is 7.58. The van der Waals surface area contributed by atoms with E-state index in [4.69, 9.17) is 14.2 Å². The summed E-state index contributed by atoms with van der Waals surface area (Å²) in [4.78, 5) is 38.0. The lowest BCUT2D eigenvalue weighted by Crippen LogP contribution is -2.30. The molecule has 65 heavy (non-hydrogen) atoms. The molecule has 0 saturated heterocycles. The van der Waals surface area contributed by atoms with Gasteiger partial charge in [0, 0.05) is 19.3 Å². The van der Waals surface area contributed by atoms with Gasteiger partial charge in [0.25, 0.3) is 0 Å². The highest BCUT2D eigenvalue weighted by Crippen LogP contribution is 2.15. The van der Waals surface area contributed by atoms with Crippen LogP contribution in [0.2, 0.25) is 0 Å². The number of hydrogen-bond donors (Lipinski definition) is 0. The van der Waals surface area contributed by atoms with Crippen LogP contribution in [-0.4, -0.2) is 37.2 Å². The summed E-state index contributed by atoms with van der Waals surface area (Å²) in [5.74, 6) is -0.923. The molecule has 0 aliphatic rings. The van der Waals surface area contributed by atoms with E-state index in [1.54, 1.807) is 0 Å². The smallest absolute Gasteiger partial charge is 0.306 e. The summed E-state index contributed by atoms with van der Waals surface area (Å²) in [6.45, 7) is 6.48. The van der Waals surface area contributed by atoms with Crippen molar-refractivity contribution in [1.82, 2.24) is 0 Å². The molecule has 0 radical (unpaired) electrons. The summed E-state index contributed by atoms with van der Waals surface area (Å²) in [5.41, 5.74) is 0. The van der Waals surface area contributed by atoms with Crippen molar-refractivity contribution in [2.45, 2.75) is 271 Å². The average Bonchev–Trinajstić information content (AvgIpc) is 3.30. The molecule has 0 aromatic heterocycles. The molecule has 0 spiro atoms. The minimum atomic E-state index is -0.790. The van der Waals surface area contributed by atoms with Gasteiger partial charge >= 0.3 is 17.9 Å². The highest BCUT2D eigenvalue weighted by molar-refractivity contribution is 5.71. The standard InChI is InChI=1S/C59H102O6/c1-4-7-10-13-16-19-22-25-27-29-30-31-33-34-37-40-43-46-49-52-58(61)64-55-56(54-63-57(60)51-48-45-42-39-36-24-21-18-15-12-9-6-3)65-59(62)53-50-47-44-41-38-35-32-28-26-23-20-17-14-11-8-5-2/h7,10,16,18-19,21,25,27,30-31,34,37,56H,4-6,8-9,11-15,17,20,22-24,26,28-29,32-33,35-36,38-55H2,1-3H3/b10-7-,19-16-,21-18-,27-25-,31-30-,37-34-/t56-/m1/s1. The van der Waals surface area contributed by atoms with Crippen LogP contribution in [0, 0.1) is 0 Å². The van der Waals surface area contributed by atoms with Gasteiger partial charge in [-0.05, 0) is 89.9 Å². The number of hydrogen-bond acceptors (Lipinski definition) is 6. The summed E-state index contributed by atoms with van der Waals surface area (Å²) in [6, 6.07) is 0. The Balaban J connectivity index is 4.42. The Morgan fingerprint density at radius 3 is 1.00 bits per heavy atom. The van der Waals surface area contributed by atoms with Gasteiger partial charge in [-0.2, -0.15) is 0 Å². The van der Waals surface area contributed by atoms with Crippen LogP contribution < -0.4 is 0 Å². The largest absolute Gasteiger partial charge is 0.462 e. The third-order valence-corrected chi connectivity index (χ3v) is 11.7. The maximum atomic E-state index is 12.8. The van der Waals surface area contributed by atoms with Crippen LogP contribution in [0.15, 0.2) is 72.9 Å². The van der Waals surface area contributed by atoms with Crippen LogP contribution in [-0.2, 0) is 28.6 Å². The van der Waals surface area contributed by atoms with Gasteiger partial charge in [0.1, 0.15) is 13.2 Å². The monoisotopic (exact) mass is 907 g/mol. The number of rotatable bonds is 49. The van der Waals surface area contributed by atoms with E-state index >= 15 is 0 Å². The lowest BCUT2D eigenvalue weighted by molar-refractivity contribution is -0.167. The predicted octanol–water partition coefficient (Wildman–Crippen LogP) is 18.2. The summed E-state index contributed by atoms with van der Waals surface area (Å²) < 4.78 is 16.8. The Morgan fingerprint density at radius 1 is 0.323 bits per heavy atom. The van der Waals surface area contributed by atoms with Crippen molar-refractivity contribution in [2.75, 3.05) is 13.2 Å². The molecular formula is C59H102O6. The zero-order chi connectivity index (χ0) is 47.2. The molecule has 0 aliphatic heterocycles. The van der Waals surface area contributed by atoms with E-state index in [0.29, 0.717) is 19.3 Å². The normalized spacial score (nSPS) is 12.6. The Kier molecular flexibility index (Phi) is 50.9. The summed E-state index contributed by atoms with van der Waals surface area (Å²) in [6.07, 6.45) is 67.4. The summed E-state index contributed by atoms with van der Waals surface area (Å²) >= 11 is 0. The molecule has 0 aromatic carbocycles. The number of allylic oxidation sites excluding steroid dienone is 12.